The van der Waals surface area contributed by atoms with E-state index in [0.717, 1.165) is 58.8 Å². The largest absolute Gasteiger partial charge is 0.504 e. The van der Waals surface area contributed by atoms with E-state index in [-0.39, 0.29) is 35.2 Å². The second-order valence-corrected chi connectivity index (χ2v) is 18.8. The molecule has 2 heterocycles. The van der Waals surface area contributed by atoms with Crippen LogP contribution < -0.4 is 21.1 Å². The molecule has 3 aromatic rings. The molecule has 5 aliphatic rings. The number of carbonyl (C=O) groups is 2. The number of Topliss-reactive ketones (excluding diaryl/α,β-unsaturated/α-hetero) is 2. The maximum atomic E-state index is 13.9. The predicted molar refractivity (Wildman–Crippen MR) is 240 cm³/mol. The minimum absolute atomic E-state index is 0.0100. The molecule has 0 bridgehead atoms. The molecule has 0 amide bonds. The van der Waals surface area contributed by atoms with E-state index in [9.17, 15) is 24.9 Å². The van der Waals surface area contributed by atoms with Crippen LogP contribution in [0.4, 0.5) is 0 Å². The molecule has 1 saturated heterocycles. The molecule has 7 N–H and O–H groups in total. The summed E-state index contributed by atoms with van der Waals surface area (Å²) in [5.74, 6) is 7.85. The number of phenols is 1. The first-order chi connectivity index (χ1) is 29.6. The van der Waals surface area contributed by atoms with E-state index in [4.69, 9.17) is 10.5 Å². The van der Waals surface area contributed by atoms with Crippen LogP contribution in [0.25, 0.3) is 10.8 Å². The number of nitrogens with two attached hydrogens (primary N) is 1. The molecular formula is C52H65N3O6. The molecule has 2 aliphatic heterocycles. The van der Waals surface area contributed by atoms with Gasteiger partial charge in [0.05, 0.1) is 25.1 Å². The van der Waals surface area contributed by atoms with Gasteiger partial charge in [-0.15, -0.1) is 0 Å². The van der Waals surface area contributed by atoms with Gasteiger partial charge < -0.3 is 36.4 Å². The van der Waals surface area contributed by atoms with Crippen molar-refractivity contribution in [3.63, 3.8) is 0 Å². The third-order valence-corrected chi connectivity index (χ3v) is 15.1. The Kier molecular flexibility index (Phi) is 13.5. The van der Waals surface area contributed by atoms with Crippen molar-refractivity contribution in [1.82, 2.24) is 10.6 Å². The van der Waals surface area contributed by atoms with Crippen LogP contribution in [0.15, 0.2) is 78.1 Å². The molecule has 9 nitrogen and oxygen atoms in total. The number of ether oxygens (including phenoxy) is 1. The highest BCUT2D eigenvalue weighted by Crippen LogP contribution is 2.52. The molecule has 2 saturated carbocycles. The topological polar surface area (TPSA) is 154 Å². The smallest absolute Gasteiger partial charge is 0.160 e. The summed E-state index contributed by atoms with van der Waals surface area (Å²) in [6.45, 7) is 1.58. The molecular weight excluding hydrogens is 763 g/mol. The van der Waals surface area contributed by atoms with Crippen LogP contribution in [-0.4, -0.2) is 65.3 Å². The fraction of sp³-hybridized carbons (Fsp3) is 0.538. The van der Waals surface area contributed by atoms with E-state index in [2.05, 4.69) is 58.9 Å². The summed E-state index contributed by atoms with van der Waals surface area (Å²) in [5.41, 5.74) is 10.4. The maximum absolute atomic E-state index is 13.9. The monoisotopic (exact) mass is 827 g/mol. The highest BCUT2D eigenvalue weighted by Gasteiger charge is 2.46. The molecule has 3 aliphatic carbocycles. The molecule has 0 aromatic heterocycles. The SMILES string of the molecule is COc1cc2c(cc1O)[C@H](CC[C@H](O)C[C@H](C1=CCNC(N)=C1)c1ccc3ccccc3c1)C#C[C@H]([C@H](O)CCCC1([C@@H]3CN[C@@H]4CC(=O)CC[C@@H]4C3)CCCC1)C(=O)CC2. The number of benzene rings is 3. The zero-order valence-corrected chi connectivity index (χ0v) is 35.8. The lowest BCUT2D eigenvalue weighted by Crippen LogP contribution is -2.52. The molecule has 0 unspecified atom stereocenters. The second-order valence-electron chi connectivity index (χ2n) is 18.8. The molecule has 3 aromatic carbocycles. The van der Waals surface area contributed by atoms with E-state index in [1.165, 1.54) is 39.2 Å². The lowest BCUT2D eigenvalue weighted by molar-refractivity contribution is -0.124. The predicted octanol–water partition coefficient (Wildman–Crippen LogP) is 7.86. The Balaban J connectivity index is 0.980. The summed E-state index contributed by atoms with van der Waals surface area (Å²) < 4.78 is 5.49. The van der Waals surface area contributed by atoms with Gasteiger partial charge in [0.25, 0.3) is 0 Å². The van der Waals surface area contributed by atoms with Gasteiger partial charge in [0.1, 0.15) is 11.7 Å². The highest BCUT2D eigenvalue weighted by molar-refractivity contribution is 5.85. The van der Waals surface area contributed by atoms with Crippen LogP contribution in [0.1, 0.15) is 125 Å². The number of aliphatic hydroxyl groups excluding tert-OH is 2. The number of hydrogen-bond acceptors (Lipinski definition) is 9. The molecule has 3 fully saturated rings. The minimum Gasteiger partial charge on any atom is -0.504 e. The Labute approximate surface area is 361 Å². The van der Waals surface area contributed by atoms with Crippen molar-refractivity contribution >= 4 is 22.3 Å². The number of carbonyl (C=O) groups excluding carboxylic acids is 2. The average molecular weight is 828 g/mol. The van der Waals surface area contributed by atoms with Gasteiger partial charge in [-0.05, 0) is 139 Å². The number of methoxy groups -OCH3 is 1. The van der Waals surface area contributed by atoms with Crippen molar-refractivity contribution < 1.29 is 29.6 Å². The summed E-state index contributed by atoms with van der Waals surface area (Å²) in [4.78, 5) is 26.1. The third-order valence-electron chi connectivity index (χ3n) is 15.1. The van der Waals surface area contributed by atoms with Crippen LogP contribution in [-0.2, 0) is 16.0 Å². The van der Waals surface area contributed by atoms with Gasteiger partial charge >= 0.3 is 0 Å². The first-order valence-corrected chi connectivity index (χ1v) is 23.0. The number of fused-ring (bicyclic) bond motifs is 3. The number of ketones is 2. The van der Waals surface area contributed by atoms with Crippen LogP contribution >= 0.6 is 0 Å². The number of piperidine rings is 1. The van der Waals surface area contributed by atoms with Crippen LogP contribution in [0, 0.1) is 35.0 Å². The van der Waals surface area contributed by atoms with Gasteiger partial charge in [0.2, 0.25) is 0 Å². The van der Waals surface area contributed by atoms with Gasteiger partial charge in [-0.3, -0.25) is 9.59 Å². The first kappa shape index (κ1) is 43.0. The van der Waals surface area contributed by atoms with Gasteiger partial charge in [-0.25, -0.2) is 0 Å². The summed E-state index contributed by atoms with van der Waals surface area (Å²) in [7, 11) is 1.52. The summed E-state index contributed by atoms with van der Waals surface area (Å²) in [6.07, 6.45) is 15.4. The van der Waals surface area contributed by atoms with E-state index in [1.807, 2.05) is 24.3 Å². The zero-order chi connectivity index (χ0) is 42.5. The van der Waals surface area contributed by atoms with Crippen LogP contribution in [0.5, 0.6) is 11.5 Å². The van der Waals surface area contributed by atoms with Crippen molar-refractivity contribution in [3.05, 3.63) is 94.8 Å². The number of rotatable bonds is 14. The third kappa shape index (κ3) is 9.88. The molecule has 0 radical (unpaired) electrons. The van der Waals surface area contributed by atoms with E-state index >= 15 is 0 Å². The zero-order valence-electron chi connectivity index (χ0n) is 35.8. The average Bonchev–Trinajstić information content (AvgIpc) is 3.77. The van der Waals surface area contributed by atoms with Gasteiger partial charge in [-0.2, -0.15) is 0 Å². The standard InChI is InChI=1S/C52H65N3O6/c1-61-50-27-37-15-19-48(59)43(47(58)9-6-23-52(21-4-5-22-52)40-26-39-13-17-42(57)30-46(39)55-32-40)18-14-34(45(37)31-49(50)60)12-16-41(56)29-44(38-20-24-54-51(53)28-38)36-11-10-33-7-2-3-8-35(33)25-36/h2-3,7-8,10-11,20,25,27-28,31,34,39-41,43-44,46-47,54-56,58,60H,4-6,9,12-13,15-17,19,21-24,26,29-30,32,53H2,1H3/t34-,39-,40+,41+,43-,44+,46-,47-/m1/s1. The highest BCUT2D eigenvalue weighted by atomic mass is 16.5. The number of aromatic hydroxyl groups is 1. The molecule has 61 heavy (non-hydrogen) atoms. The van der Waals surface area contributed by atoms with Crippen LogP contribution in [0.3, 0.4) is 0 Å². The summed E-state index contributed by atoms with van der Waals surface area (Å²) in [5, 5.41) is 43.8. The Morgan fingerprint density at radius 3 is 2.61 bits per heavy atom. The van der Waals surface area contributed by atoms with Gasteiger partial charge in [-0.1, -0.05) is 79.6 Å². The Hall–Kier alpha value is -4.62. The summed E-state index contributed by atoms with van der Waals surface area (Å²) in [6, 6.07) is 18.6. The maximum Gasteiger partial charge on any atom is 0.160 e. The van der Waals surface area contributed by atoms with Crippen molar-refractivity contribution in [1.29, 1.82) is 0 Å². The molecule has 324 valence electrons. The van der Waals surface area contributed by atoms with E-state index in [1.54, 1.807) is 6.07 Å². The van der Waals surface area contributed by atoms with Crippen LogP contribution in [0.2, 0.25) is 0 Å². The minimum atomic E-state index is -0.881. The molecule has 9 heteroatoms. The molecule has 8 rings (SSSR count). The number of aliphatic hydroxyl groups is 2. The molecule has 8 atom stereocenters. The fourth-order valence-electron chi connectivity index (χ4n) is 11.7. The number of phenolic OH excluding ortho intramolecular Hbond substituents is 1. The van der Waals surface area contributed by atoms with E-state index in [0.29, 0.717) is 86.7 Å². The number of aryl methyl sites for hydroxylation is 1. The Morgan fingerprint density at radius 2 is 1.80 bits per heavy atom. The van der Waals surface area contributed by atoms with Gasteiger partial charge in [0, 0.05) is 43.7 Å². The summed E-state index contributed by atoms with van der Waals surface area (Å²) >= 11 is 0. The number of hydrogen-bond donors (Lipinski definition) is 6. The van der Waals surface area contributed by atoms with Crippen molar-refractivity contribution in [2.24, 2.45) is 28.9 Å². The lowest BCUT2D eigenvalue weighted by atomic mass is 9.63. The van der Waals surface area contributed by atoms with E-state index < -0.39 is 18.1 Å². The van der Waals surface area contributed by atoms with Crippen molar-refractivity contribution in [3.8, 4) is 23.3 Å². The molecule has 0 spiro atoms. The first-order valence-electron chi connectivity index (χ1n) is 23.0. The van der Waals surface area contributed by atoms with Gasteiger partial charge in [0.15, 0.2) is 17.3 Å². The number of dihydropyridines is 1. The Morgan fingerprint density at radius 1 is 0.984 bits per heavy atom. The number of allylic oxidation sites excluding steroid dienone is 2. The second kappa shape index (κ2) is 19.2. The number of nitrogens with one attached hydrogen (secondary N) is 2. The quantitative estimate of drug-likeness (QED) is 0.0892. The van der Waals surface area contributed by atoms with Crippen molar-refractivity contribution in [2.75, 3.05) is 20.2 Å². The fourth-order valence-corrected chi connectivity index (χ4v) is 11.7. The lowest BCUT2D eigenvalue weighted by Gasteiger charge is -2.47. The van der Waals surface area contributed by atoms with Crippen molar-refractivity contribution in [2.45, 2.75) is 133 Å². The Bertz CT molecular complexity index is 2200. The normalized spacial score (nSPS) is 26.4.